The molecule has 1 heterocycles. The van der Waals surface area contributed by atoms with E-state index in [4.69, 9.17) is 14.2 Å². The highest BCUT2D eigenvalue weighted by Crippen LogP contribution is 2.65. The molecule has 4 fully saturated rings. The maximum atomic E-state index is 11.2. The summed E-state index contributed by atoms with van der Waals surface area (Å²) in [6.07, 6.45) is 8.18. The minimum absolute atomic E-state index is 0.0429. The minimum atomic E-state index is -0.416. The monoisotopic (exact) mass is 562 g/mol. The number of carbonyl (C=O) groups is 1. The highest BCUT2D eigenvalue weighted by molar-refractivity contribution is 5.70. The molecule has 1 aliphatic heterocycles. The van der Waals surface area contributed by atoms with Crippen LogP contribution in [0, 0.1) is 40.4 Å². The van der Waals surface area contributed by atoms with E-state index >= 15 is 0 Å². The molecule has 0 bridgehead atoms. The Morgan fingerprint density at radius 1 is 1.05 bits per heavy atom. The highest BCUT2D eigenvalue weighted by atomic mass is 16.7. The fourth-order valence-electron chi connectivity index (χ4n) is 8.68. The van der Waals surface area contributed by atoms with Crippen molar-refractivity contribution in [2.24, 2.45) is 28.6 Å². The molecule has 0 aromatic heterocycles. The zero-order chi connectivity index (χ0) is 28.8. The van der Waals surface area contributed by atoms with Gasteiger partial charge in [-0.2, -0.15) is 0 Å². The number of esters is 1. The molecular formula is C35H46O6. The zero-order valence-electron chi connectivity index (χ0n) is 25.2. The summed E-state index contributed by atoms with van der Waals surface area (Å²) in [5, 5.41) is 11.2. The lowest BCUT2D eigenvalue weighted by molar-refractivity contribution is -0.312. The fraction of sp³-hybridized carbons (Fsp3) is 0.686. The predicted molar refractivity (Wildman–Crippen MR) is 156 cm³/mol. The molecule has 1 saturated heterocycles. The molecule has 1 aromatic rings. The van der Waals surface area contributed by atoms with E-state index in [1.165, 1.54) is 25.5 Å². The first-order valence-electron chi connectivity index (χ1n) is 15.6. The second-order valence-corrected chi connectivity index (χ2v) is 14.2. The third-order valence-corrected chi connectivity index (χ3v) is 10.9. The Labute approximate surface area is 245 Å². The summed E-state index contributed by atoms with van der Waals surface area (Å²) in [5.74, 6) is 7.27. The van der Waals surface area contributed by atoms with E-state index in [0.717, 1.165) is 57.3 Å². The molecule has 41 heavy (non-hydrogen) atoms. The summed E-state index contributed by atoms with van der Waals surface area (Å²) in [4.78, 5) is 11.2. The summed E-state index contributed by atoms with van der Waals surface area (Å²) in [7, 11) is 1.34. The molecule has 4 aliphatic carbocycles. The molecule has 6 atom stereocenters. The van der Waals surface area contributed by atoms with Crippen LogP contribution in [-0.4, -0.2) is 56.5 Å². The van der Waals surface area contributed by atoms with Crippen LogP contribution in [0.15, 0.2) is 35.4 Å². The van der Waals surface area contributed by atoms with Gasteiger partial charge in [-0.3, -0.25) is 0 Å². The van der Waals surface area contributed by atoms with Crippen molar-refractivity contribution in [1.29, 1.82) is 0 Å². The smallest absolute Gasteiger partial charge is 0.331 e. The molecule has 3 saturated carbocycles. The summed E-state index contributed by atoms with van der Waals surface area (Å²) >= 11 is 0. The Morgan fingerprint density at radius 3 is 2.54 bits per heavy atom. The van der Waals surface area contributed by atoms with Crippen molar-refractivity contribution in [1.82, 2.24) is 0 Å². The first-order valence-corrected chi connectivity index (χ1v) is 15.6. The van der Waals surface area contributed by atoms with E-state index in [2.05, 4.69) is 61.6 Å². The van der Waals surface area contributed by atoms with Gasteiger partial charge in [-0.25, -0.2) is 4.79 Å². The van der Waals surface area contributed by atoms with Crippen LogP contribution in [0.3, 0.4) is 0 Å². The van der Waals surface area contributed by atoms with Gasteiger partial charge in [0, 0.05) is 29.7 Å². The van der Waals surface area contributed by atoms with Gasteiger partial charge in [-0.1, -0.05) is 55.9 Å². The third-order valence-electron chi connectivity index (χ3n) is 10.9. The lowest BCUT2D eigenvalue weighted by Gasteiger charge is -2.55. The quantitative estimate of drug-likeness (QED) is 0.217. The van der Waals surface area contributed by atoms with Crippen molar-refractivity contribution in [3.63, 3.8) is 0 Å². The largest absolute Gasteiger partial charge is 0.467 e. The molecular weight excluding hydrogens is 516 g/mol. The van der Waals surface area contributed by atoms with Crippen LogP contribution in [0.1, 0.15) is 89.2 Å². The number of carbonyl (C=O) groups excluding carboxylic acids is 1. The summed E-state index contributed by atoms with van der Waals surface area (Å²) < 4.78 is 22.8. The molecule has 0 radical (unpaired) electrons. The van der Waals surface area contributed by atoms with Gasteiger partial charge in [0.15, 0.2) is 5.79 Å². The molecule has 1 aromatic carbocycles. The standard InChI is InChI=1S/C35H46O6/c1-33(2)21-40-35(41-22-33)16-15-26-25(18-35)11-12-27-29-13-14-30(36)34(29,3)19-28(32(26)27)24-9-7-23(8-10-24)6-5-17-39-20-31(37)38-4/h7-10,25,27-30,36H,11-22H2,1-4H3. The van der Waals surface area contributed by atoms with E-state index in [-0.39, 0.29) is 30.1 Å². The van der Waals surface area contributed by atoms with E-state index in [1.54, 1.807) is 11.1 Å². The number of rotatable bonds is 4. The van der Waals surface area contributed by atoms with Crippen LogP contribution >= 0.6 is 0 Å². The Kier molecular flexibility index (Phi) is 7.87. The average Bonchev–Trinajstić information content (AvgIpc) is 3.28. The number of aliphatic hydroxyl groups is 1. The van der Waals surface area contributed by atoms with Gasteiger partial charge in [0.25, 0.3) is 0 Å². The predicted octanol–water partition coefficient (Wildman–Crippen LogP) is 5.77. The molecule has 0 amide bonds. The van der Waals surface area contributed by atoms with Gasteiger partial charge in [-0.05, 0) is 79.4 Å². The molecule has 222 valence electrons. The number of benzene rings is 1. The molecule has 6 nitrogen and oxygen atoms in total. The first kappa shape index (κ1) is 28.9. The number of methoxy groups -OCH3 is 1. The minimum Gasteiger partial charge on any atom is -0.467 e. The summed E-state index contributed by atoms with van der Waals surface area (Å²) in [5.41, 5.74) is 5.65. The van der Waals surface area contributed by atoms with Crippen molar-refractivity contribution in [3.05, 3.63) is 46.5 Å². The Hall–Kier alpha value is -2.17. The van der Waals surface area contributed by atoms with Crippen molar-refractivity contribution < 1.29 is 28.8 Å². The van der Waals surface area contributed by atoms with E-state index in [0.29, 0.717) is 23.7 Å². The fourth-order valence-corrected chi connectivity index (χ4v) is 8.68. The van der Waals surface area contributed by atoms with Crippen molar-refractivity contribution in [2.75, 3.05) is 33.5 Å². The Morgan fingerprint density at radius 2 is 1.80 bits per heavy atom. The highest BCUT2D eigenvalue weighted by Gasteiger charge is 2.57. The van der Waals surface area contributed by atoms with Crippen LogP contribution in [0.25, 0.3) is 0 Å². The van der Waals surface area contributed by atoms with E-state index < -0.39 is 11.8 Å². The molecule has 1 spiro atoms. The molecule has 1 N–H and O–H groups in total. The SMILES string of the molecule is COC(=O)COCC#Cc1ccc(C2CC3(C)C(O)CCC3C3CCC4CC5(CCC4=C23)OCC(C)(C)CO5)cc1. The number of hydrogen-bond donors (Lipinski definition) is 1. The number of fused-ring (bicyclic) bond motifs is 4. The van der Waals surface area contributed by atoms with Gasteiger partial charge in [0.1, 0.15) is 13.2 Å². The number of hydrogen-bond acceptors (Lipinski definition) is 6. The van der Waals surface area contributed by atoms with Gasteiger partial charge < -0.3 is 24.1 Å². The van der Waals surface area contributed by atoms with Crippen molar-refractivity contribution in [2.45, 2.75) is 89.9 Å². The maximum Gasteiger partial charge on any atom is 0.331 e. The van der Waals surface area contributed by atoms with Crippen LogP contribution in [0.4, 0.5) is 0 Å². The van der Waals surface area contributed by atoms with E-state index in [1.807, 2.05) is 0 Å². The van der Waals surface area contributed by atoms with Gasteiger partial charge >= 0.3 is 5.97 Å². The lowest BCUT2D eigenvalue weighted by Crippen LogP contribution is -2.52. The van der Waals surface area contributed by atoms with Crippen LogP contribution in [0.2, 0.25) is 0 Å². The first-order chi connectivity index (χ1) is 19.6. The van der Waals surface area contributed by atoms with E-state index in [9.17, 15) is 9.90 Å². The van der Waals surface area contributed by atoms with Crippen molar-refractivity contribution >= 4 is 5.97 Å². The topological polar surface area (TPSA) is 74.2 Å². The normalized spacial score (nSPS) is 35.1. The Bertz CT molecular complexity index is 1230. The second kappa shape index (κ2) is 11.2. The van der Waals surface area contributed by atoms with Gasteiger partial charge in [-0.15, -0.1) is 0 Å². The van der Waals surface area contributed by atoms with Crippen LogP contribution in [0.5, 0.6) is 0 Å². The number of aliphatic hydroxyl groups excluding tert-OH is 1. The number of ether oxygens (including phenoxy) is 4. The molecule has 5 aliphatic rings. The molecule has 6 unspecified atom stereocenters. The van der Waals surface area contributed by atoms with Gasteiger partial charge in [0.2, 0.25) is 0 Å². The second-order valence-electron chi connectivity index (χ2n) is 14.2. The average molecular weight is 563 g/mol. The van der Waals surface area contributed by atoms with Crippen LogP contribution in [-0.2, 0) is 23.7 Å². The lowest BCUT2D eigenvalue weighted by atomic mass is 9.52. The molecule has 6 rings (SSSR count). The summed E-state index contributed by atoms with van der Waals surface area (Å²) in [6.45, 7) is 8.42. The van der Waals surface area contributed by atoms with Gasteiger partial charge in [0.05, 0.1) is 26.4 Å². The maximum absolute atomic E-state index is 11.2. The van der Waals surface area contributed by atoms with Crippen LogP contribution < -0.4 is 0 Å². The Balaban J connectivity index is 1.26. The summed E-state index contributed by atoms with van der Waals surface area (Å²) in [6, 6.07) is 8.68. The number of allylic oxidation sites excluding steroid dienone is 2. The molecule has 6 heteroatoms. The zero-order valence-corrected chi connectivity index (χ0v) is 25.2. The third kappa shape index (κ3) is 5.52. The van der Waals surface area contributed by atoms with Crippen molar-refractivity contribution in [3.8, 4) is 11.8 Å².